The van der Waals surface area contributed by atoms with E-state index in [2.05, 4.69) is 6.58 Å². The molecule has 3 aromatic heterocycles. The fourth-order valence-corrected chi connectivity index (χ4v) is 4.22. The van der Waals surface area contributed by atoms with Gasteiger partial charge in [-0.1, -0.05) is 12.6 Å². The lowest BCUT2D eigenvalue weighted by Crippen LogP contribution is -2.32. The summed E-state index contributed by atoms with van der Waals surface area (Å²) in [5.74, 6) is 0.125. The van der Waals surface area contributed by atoms with Gasteiger partial charge < -0.3 is 18.8 Å². The topological polar surface area (TPSA) is 96.4 Å². The third kappa shape index (κ3) is 5.38. The van der Waals surface area contributed by atoms with Gasteiger partial charge in [-0.25, -0.2) is 14.8 Å². The molecule has 198 valence electrons. The van der Waals surface area contributed by atoms with E-state index in [9.17, 15) is 9.59 Å². The molecular formula is C29H32N4O5. The van der Waals surface area contributed by atoms with Gasteiger partial charge in [-0.2, -0.15) is 0 Å². The Balaban J connectivity index is 2.05. The number of ether oxygens (including phenoxy) is 3. The van der Waals surface area contributed by atoms with E-state index in [1.54, 1.807) is 30.9 Å². The summed E-state index contributed by atoms with van der Waals surface area (Å²) >= 11 is 0. The highest BCUT2D eigenvalue weighted by Crippen LogP contribution is 2.19. The average Bonchev–Trinajstić information content (AvgIpc) is 2.92. The molecule has 0 saturated carbocycles. The molecule has 0 aliphatic carbocycles. The van der Waals surface area contributed by atoms with Gasteiger partial charge in [0, 0.05) is 26.0 Å². The van der Waals surface area contributed by atoms with Gasteiger partial charge in [0.05, 0.1) is 24.8 Å². The molecule has 9 nitrogen and oxygen atoms in total. The Kier molecular flexibility index (Phi) is 8.38. The Morgan fingerprint density at radius 1 is 1.11 bits per heavy atom. The van der Waals surface area contributed by atoms with Crippen molar-refractivity contribution in [3.63, 3.8) is 0 Å². The van der Waals surface area contributed by atoms with Crippen LogP contribution in [0.25, 0.3) is 22.4 Å². The molecule has 0 spiro atoms. The van der Waals surface area contributed by atoms with Gasteiger partial charge in [0.1, 0.15) is 28.1 Å². The number of hydrogen-bond acceptors (Lipinski definition) is 7. The van der Waals surface area contributed by atoms with Gasteiger partial charge in [0.25, 0.3) is 5.56 Å². The Hall–Kier alpha value is -4.24. The second-order valence-electron chi connectivity index (χ2n) is 8.63. The number of hydrogen-bond donors (Lipinski definition) is 0. The van der Waals surface area contributed by atoms with Gasteiger partial charge in [-0.3, -0.25) is 9.20 Å². The van der Waals surface area contributed by atoms with Crippen molar-refractivity contribution in [3.8, 4) is 5.75 Å². The Morgan fingerprint density at radius 3 is 2.55 bits per heavy atom. The lowest BCUT2D eigenvalue weighted by molar-refractivity contribution is 0.0523. The fourth-order valence-electron chi connectivity index (χ4n) is 4.22. The van der Waals surface area contributed by atoms with Crippen LogP contribution in [0, 0.1) is 6.92 Å². The summed E-state index contributed by atoms with van der Waals surface area (Å²) in [4.78, 5) is 36.4. The zero-order chi connectivity index (χ0) is 27.2. The molecule has 0 unspecified atom stereocenters. The van der Waals surface area contributed by atoms with E-state index in [-0.39, 0.29) is 17.7 Å². The molecule has 4 rings (SSSR count). The molecule has 0 bridgehead atoms. The minimum atomic E-state index is -0.581. The molecule has 4 aromatic rings. The highest BCUT2D eigenvalue weighted by atomic mass is 16.5. The van der Waals surface area contributed by atoms with Crippen LogP contribution >= 0.6 is 0 Å². The zero-order valence-corrected chi connectivity index (χ0v) is 22.2. The highest BCUT2D eigenvalue weighted by Gasteiger charge is 2.20. The van der Waals surface area contributed by atoms with Crippen molar-refractivity contribution in [2.45, 2.75) is 33.7 Å². The number of methoxy groups -OCH3 is 1. The van der Waals surface area contributed by atoms with Crippen molar-refractivity contribution in [2.75, 3.05) is 26.9 Å². The molecule has 3 heterocycles. The van der Waals surface area contributed by atoms with Crippen molar-refractivity contribution in [2.24, 2.45) is 4.99 Å². The van der Waals surface area contributed by atoms with Crippen molar-refractivity contribution >= 4 is 28.3 Å². The first-order valence-corrected chi connectivity index (χ1v) is 12.6. The van der Waals surface area contributed by atoms with E-state index >= 15 is 0 Å². The van der Waals surface area contributed by atoms with E-state index in [0.29, 0.717) is 59.8 Å². The predicted molar refractivity (Wildman–Crippen MR) is 146 cm³/mol. The molecule has 9 heteroatoms. The molecule has 0 aliphatic heterocycles. The SMILES string of the molecule is C=C(N=c1c(C(=O)OCC)cc2c(=O)n3cccc(C)c3nc2n1CCCOCC)c1ccc(OC)cc1. The molecule has 0 N–H and O–H groups in total. The number of benzene rings is 1. The third-order valence-corrected chi connectivity index (χ3v) is 6.14. The first-order valence-electron chi connectivity index (χ1n) is 12.6. The highest BCUT2D eigenvalue weighted by molar-refractivity contribution is 5.93. The van der Waals surface area contributed by atoms with Crippen LogP contribution in [0.15, 0.2) is 65.0 Å². The van der Waals surface area contributed by atoms with Crippen molar-refractivity contribution < 1.29 is 19.0 Å². The number of carbonyl (C=O) groups excluding carboxylic acids is 1. The summed E-state index contributed by atoms with van der Waals surface area (Å²) < 4.78 is 19.5. The monoisotopic (exact) mass is 516 g/mol. The molecule has 0 atom stereocenters. The quantitative estimate of drug-likeness (QED) is 0.179. The van der Waals surface area contributed by atoms with Crippen molar-refractivity contribution in [1.29, 1.82) is 0 Å². The van der Waals surface area contributed by atoms with Gasteiger partial charge in [-0.15, -0.1) is 0 Å². The summed E-state index contributed by atoms with van der Waals surface area (Å²) in [6.07, 6.45) is 2.29. The lowest BCUT2D eigenvalue weighted by atomic mass is 10.1. The fraction of sp³-hybridized carbons (Fsp3) is 0.310. The van der Waals surface area contributed by atoms with Crippen LogP contribution in [0.5, 0.6) is 5.75 Å². The number of aryl methyl sites for hydroxylation is 2. The molecule has 0 amide bonds. The van der Waals surface area contributed by atoms with Crippen molar-refractivity contribution in [1.82, 2.24) is 14.0 Å². The van der Waals surface area contributed by atoms with Gasteiger partial charge >= 0.3 is 5.97 Å². The Bertz CT molecular complexity index is 1620. The minimum absolute atomic E-state index is 0.164. The molecular weight excluding hydrogens is 484 g/mol. The normalized spacial score (nSPS) is 11.7. The van der Waals surface area contributed by atoms with E-state index < -0.39 is 5.97 Å². The minimum Gasteiger partial charge on any atom is -0.497 e. The number of fused-ring (bicyclic) bond motifs is 2. The summed E-state index contributed by atoms with van der Waals surface area (Å²) in [6, 6.07) is 12.5. The number of aromatic nitrogens is 3. The maximum Gasteiger partial charge on any atom is 0.341 e. The van der Waals surface area contributed by atoms with Crippen LogP contribution in [-0.2, 0) is 16.0 Å². The standard InChI is InChI=1S/C29H32N4O5/c1-6-37-17-9-16-32-26-23(28(34)33-15-8-10-19(3)25(33)31-26)18-24(29(35)38-7-2)27(32)30-20(4)21-11-13-22(36-5)14-12-21/h8,10-15,18H,4,6-7,9,16-17H2,1-3,5H3. The average molecular weight is 517 g/mol. The molecule has 0 radical (unpaired) electrons. The zero-order valence-electron chi connectivity index (χ0n) is 22.2. The van der Waals surface area contributed by atoms with Crippen LogP contribution < -0.4 is 15.8 Å². The number of esters is 1. The second-order valence-corrected chi connectivity index (χ2v) is 8.63. The third-order valence-electron chi connectivity index (χ3n) is 6.14. The van der Waals surface area contributed by atoms with Crippen LogP contribution in [0.4, 0.5) is 0 Å². The van der Waals surface area contributed by atoms with Crippen LogP contribution in [-0.4, -0.2) is 46.9 Å². The van der Waals surface area contributed by atoms with Crippen LogP contribution in [0.2, 0.25) is 0 Å². The van der Waals surface area contributed by atoms with E-state index in [0.717, 1.165) is 11.1 Å². The van der Waals surface area contributed by atoms with Crippen LogP contribution in [0.1, 0.15) is 41.8 Å². The van der Waals surface area contributed by atoms with Crippen LogP contribution in [0.3, 0.4) is 0 Å². The largest absolute Gasteiger partial charge is 0.497 e. The summed E-state index contributed by atoms with van der Waals surface area (Å²) in [6.45, 7) is 11.4. The predicted octanol–water partition coefficient (Wildman–Crippen LogP) is 4.14. The van der Waals surface area contributed by atoms with Gasteiger partial charge in [0.15, 0.2) is 0 Å². The number of rotatable bonds is 10. The first kappa shape index (κ1) is 26.8. The summed E-state index contributed by atoms with van der Waals surface area (Å²) in [7, 11) is 1.60. The lowest BCUT2D eigenvalue weighted by Gasteiger charge is -2.16. The van der Waals surface area contributed by atoms with Gasteiger partial charge in [-0.05, 0) is 74.7 Å². The maximum atomic E-state index is 13.6. The molecule has 0 saturated heterocycles. The Labute approximate surface area is 220 Å². The summed E-state index contributed by atoms with van der Waals surface area (Å²) in [5.41, 5.74) is 3.20. The first-order chi connectivity index (χ1) is 18.4. The Morgan fingerprint density at radius 2 is 1.87 bits per heavy atom. The van der Waals surface area contributed by atoms with Crippen molar-refractivity contribution in [3.05, 3.63) is 87.8 Å². The second kappa shape index (κ2) is 11.9. The van der Waals surface area contributed by atoms with Gasteiger partial charge in [0.2, 0.25) is 0 Å². The van der Waals surface area contributed by atoms with E-state index in [1.165, 1.54) is 10.5 Å². The number of nitrogens with zero attached hydrogens (tertiary/aromatic N) is 4. The number of carbonyl (C=O) groups is 1. The molecule has 38 heavy (non-hydrogen) atoms. The molecule has 0 fully saturated rings. The summed E-state index contributed by atoms with van der Waals surface area (Å²) in [5, 5.41) is 0.293. The van der Waals surface area contributed by atoms with E-state index in [1.807, 2.05) is 44.2 Å². The van der Waals surface area contributed by atoms with E-state index in [4.69, 9.17) is 24.2 Å². The maximum absolute atomic E-state index is 13.6. The number of pyridine rings is 2. The molecule has 0 aliphatic rings. The smallest absolute Gasteiger partial charge is 0.341 e. The molecule has 1 aromatic carbocycles.